The summed E-state index contributed by atoms with van der Waals surface area (Å²) in [5.41, 5.74) is 0.469. The molecule has 2 nitrogen and oxygen atoms in total. The third-order valence-electron chi connectivity index (χ3n) is 2.71. The van der Waals surface area contributed by atoms with Gasteiger partial charge in [0.25, 0.3) is 0 Å². The Labute approximate surface area is 97.3 Å². The lowest BCUT2D eigenvalue weighted by Gasteiger charge is -2.28. The van der Waals surface area contributed by atoms with Gasteiger partial charge in [0, 0.05) is 7.05 Å². The first kappa shape index (κ1) is 12.3. The summed E-state index contributed by atoms with van der Waals surface area (Å²) >= 11 is 0. The Hall–Kier alpha value is -1.75. The minimum Gasteiger partial charge on any atom is -0.334 e. The van der Waals surface area contributed by atoms with Crippen LogP contribution in [0, 0.1) is 12.3 Å². The van der Waals surface area contributed by atoms with Crippen LogP contribution in [-0.4, -0.2) is 24.4 Å². The van der Waals surface area contributed by atoms with Crippen molar-refractivity contribution in [3.63, 3.8) is 0 Å². The lowest BCUT2D eigenvalue weighted by molar-refractivity contribution is -0.134. The van der Waals surface area contributed by atoms with Crippen molar-refractivity contribution in [3.8, 4) is 12.3 Å². The van der Waals surface area contributed by atoms with E-state index < -0.39 is 5.41 Å². The number of nitrogens with zero attached hydrogens (tertiary/aromatic N) is 1. The zero-order chi connectivity index (χ0) is 12.2. The van der Waals surface area contributed by atoms with Crippen LogP contribution in [-0.2, 0) is 10.2 Å². The van der Waals surface area contributed by atoms with E-state index in [1.165, 1.54) is 0 Å². The number of carbonyl (C=O) groups excluding carboxylic acids is 1. The van der Waals surface area contributed by atoms with Crippen LogP contribution in [0.2, 0.25) is 0 Å². The number of amides is 1. The number of carbonyl (C=O) groups is 1. The van der Waals surface area contributed by atoms with Crippen molar-refractivity contribution in [3.05, 3.63) is 35.9 Å². The van der Waals surface area contributed by atoms with Crippen LogP contribution in [0.4, 0.5) is 0 Å². The fourth-order valence-corrected chi connectivity index (χ4v) is 1.66. The van der Waals surface area contributed by atoms with Crippen molar-refractivity contribution in [1.82, 2.24) is 4.90 Å². The van der Waals surface area contributed by atoms with Gasteiger partial charge >= 0.3 is 0 Å². The summed E-state index contributed by atoms with van der Waals surface area (Å²) in [6.45, 7) is 4.17. The fourth-order valence-electron chi connectivity index (χ4n) is 1.66. The van der Waals surface area contributed by atoms with E-state index in [0.717, 1.165) is 5.56 Å². The minimum absolute atomic E-state index is 0.0386. The minimum atomic E-state index is -0.535. The zero-order valence-electron chi connectivity index (χ0n) is 10.0. The van der Waals surface area contributed by atoms with Crippen molar-refractivity contribution in [2.45, 2.75) is 19.3 Å². The Morgan fingerprint density at radius 2 is 1.94 bits per heavy atom. The van der Waals surface area contributed by atoms with Gasteiger partial charge in [-0.1, -0.05) is 36.3 Å². The maximum atomic E-state index is 12.2. The summed E-state index contributed by atoms with van der Waals surface area (Å²) in [7, 11) is 1.73. The van der Waals surface area contributed by atoms with Gasteiger partial charge in [-0.3, -0.25) is 4.79 Å². The van der Waals surface area contributed by atoms with Crippen molar-refractivity contribution >= 4 is 5.91 Å². The van der Waals surface area contributed by atoms with Gasteiger partial charge < -0.3 is 4.90 Å². The molecule has 0 radical (unpaired) electrons. The van der Waals surface area contributed by atoms with Crippen LogP contribution in [0.1, 0.15) is 19.4 Å². The fraction of sp³-hybridized carbons (Fsp3) is 0.357. The zero-order valence-corrected chi connectivity index (χ0v) is 10.0. The van der Waals surface area contributed by atoms with Gasteiger partial charge in [-0.2, -0.15) is 0 Å². The monoisotopic (exact) mass is 215 g/mol. The number of benzene rings is 1. The molecule has 0 saturated heterocycles. The maximum Gasteiger partial charge on any atom is 0.233 e. The number of rotatable bonds is 3. The molecule has 0 aliphatic carbocycles. The molecule has 16 heavy (non-hydrogen) atoms. The molecular weight excluding hydrogens is 198 g/mol. The highest BCUT2D eigenvalue weighted by Crippen LogP contribution is 2.24. The molecule has 0 atom stereocenters. The Bertz CT molecular complexity index is 400. The van der Waals surface area contributed by atoms with Crippen LogP contribution in [0.5, 0.6) is 0 Å². The van der Waals surface area contributed by atoms with Gasteiger partial charge in [0.05, 0.1) is 12.0 Å². The van der Waals surface area contributed by atoms with Crippen LogP contribution >= 0.6 is 0 Å². The molecule has 1 aromatic rings. The molecule has 0 unspecified atom stereocenters. The van der Waals surface area contributed by atoms with Gasteiger partial charge in [-0.15, -0.1) is 6.42 Å². The van der Waals surface area contributed by atoms with E-state index in [9.17, 15) is 4.79 Å². The molecule has 1 amide bonds. The van der Waals surface area contributed by atoms with Crippen LogP contribution in [0.25, 0.3) is 0 Å². The smallest absolute Gasteiger partial charge is 0.233 e. The lowest BCUT2D eigenvalue weighted by atomic mass is 9.83. The predicted octanol–water partition coefficient (Wildman–Crippen LogP) is 2.06. The second-order valence-corrected chi connectivity index (χ2v) is 4.36. The predicted molar refractivity (Wildman–Crippen MR) is 65.9 cm³/mol. The highest BCUT2D eigenvalue weighted by atomic mass is 16.2. The SMILES string of the molecule is C#CCN(C)C(=O)C(C)(C)c1ccccc1. The van der Waals surface area contributed by atoms with E-state index >= 15 is 0 Å². The Kier molecular flexibility index (Phi) is 3.73. The first-order valence-corrected chi connectivity index (χ1v) is 5.24. The van der Waals surface area contributed by atoms with E-state index in [4.69, 9.17) is 6.42 Å². The molecule has 0 aliphatic heterocycles. The number of hydrogen-bond donors (Lipinski definition) is 0. The summed E-state index contributed by atoms with van der Waals surface area (Å²) in [4.78, 5) is 13.8. The van der Waals surface area contributed by atoms with Crippen molar-refractivity contribution in [2.24, 2.45) is 0 Å². The van der Waals surface area contributed by atoms with Gasteiger partial charge in [0.15, 0.2) is 0 Å². The van der Waals surface area contributed by atoms with Crippen molar-refractivity contribution < 1.29 is 4.79 Å². The normalized spacial score (nSPS) is 10.6. The molecule has 0 heterocycles. The average Bonchev–Trinajstić information content (AvgIpc) is 2.29. The van der Waals surface area contributed by atoms with E-state index in [0.29, 0.717) is 6.54 Å². The number of hydrogen-bond acceptors (Lipinski definition) is 1. The Morgan fingerprint density at radius 3 is 2.44 bits per heavy atom. The van der Waals surface area contributed by atoms with E-state index in [1.54, 1.807) is 11.9 Å². The number of terminal acetylenes is 1. The molecule has 0 aromatic heterocycles. The third-order valence-corrected chi connectivity index (χ3v) is 2.71. The summed E-state index contributed by atoms with van der Waals surface area (Å²) in [6.07, 6.45) is 5.21. The molecule has 1 aromatic carbocycles. The maximum absolute atomic E-state index is 12.2. The van der Waals surface area contributed by atoms with Crippen LogP contribution in [0.15, 0.2) is 30.3 Å². The molecule has 2 heteroatoms. The first-order chi connectivity index (χ1) is 7.50. The second kappa shape index (κ2) is 4.85. The molecular formula is C14H17NO. The van der Waals surface area contributed by atoms with E-state index in [2.05, 4.69) is 5.92 Å². The molecule has 84 valence electrons. The average molecular weight is 215 g/mol. The molecule has 0 saturated carbocycles. The van der Waals surface area contributed by atoms with Crippen LogP contribution < -0.4 is 0 Å². The molecule has 0 aliphatic rings. The van der Waals surface area contributed by atoms with Gasteiger partial charge in [0.2, 0.25) is 5.91 Å². The number of likely N-dealkylation sites (N-methyl/N-ethyl adjacent to an activating group) is 1. The van der Waals surface area contributed by atoms with Gasteiger partial charge in [-0.25, -0.2) is 0 Å². The highest BCUT2D eigenvalue weighted by molar-refractivity contribution is 5.87. The topological polar surface area (TPSA) is 20.3 Å². The largest absolute Gasteiger partial charge is 0.334 e. The molecule has 1 rings (SSSR count). The van der Waals surface area contributed by atoms with Gasteiger partial charge in [0.1, 0.15) is 0 Å². The van der Waals surface area contributed by atoms with Gasteiger partial charge in [-0.05, 0) is 19.4 Å². The van der Waals surface area contributed by atoms with Crippen LogP contribution in [0.3, 0.4) is 0 Å². The van der Waals surface area contributed by atoms with E-state index in [-0.39, 0.29) is 5.91 Å². The third kappa shape index (κ3) is 2.43. The summed E-state index contributed by atoms with van der Waals surface area (Å²) < 4.78 is 0. The van der Waals surface area contributed by atoms with Crippen molar-refractivity contribution in [2.75, 3.05) is 13.6 Å². The molecule has 0 bridgehead atoms. The lowest BCUT2D eigenvalue weighted by Crippen LogP contribution is -2.41. The summed E-state index contributed by atoms with van der Waals surface area (Å²) in [6, 6.07) is 9.73. The summed E-state index contributed by atoms with van der Waals surface area (Å²) in [5, 5.41) is 0. The standard InChI is InChI=1S/C14H17NO/c1-5-11-15(4)13(16)14(2,3)12-9-7-6-8-10-12/h1,6-10H,11H2,2-4H3. The quantitative estimate of drug-likeness (QED) is 0.707. The highest BCUT2D eigenvalue weighted by Gasteiger charge is 2.31. The Morgan fingerprint density at radius 1 is 1.38 bits per heavy atom. The first-order valence-electron chi connectivity index (χ1n) is 5.24. The molecule has 0 spiro atoms. The van der Waals surface area contributed by atoms with Crippen molar-refractivity contribution in [1.29, 1.82) is 0 Å². The summed E-state index contributed by atoms with van der Waals surface area (Å²) in [5.74, 6) is 2.52. The molecule has 0 N–H and O–H groups in total. The Balaban J connectivity index is 2.95. The molecule has 0 fully saturated rings. The second-order valence-electron chi connectivity index (χ2n) is 4.36. The van der Waals surface area contributed by atoms with E-state index in [1.807, 2.05) is 44.2 Å².